The van der Waals surface area contributed by atoms with Crippen LogP contribution in [0.15, 0.2) is 29.7 Å². The van der Waals surface area contributed by atoms with Crippen LogP contribution < -0.4 is 9.46 Å². The Kier molecular flexibility index (Phi) is 5.51. The number of hydrogen-bond donors (Lipinski definition) is 2. The Bertz CT molecular complexity index is 628. The Morgan fingerprint density at radius 3 is 2.33 bits per heavy atom. The van der Waals surface area contributed by atoms with Crippen LogP contribution in [0.3, 0.4) is 0 Å². The van der Waals surface area contributed by atoms with Gasteiger partial charge in [0.2, 0.25) is 10.0 Å². The predicted octanol–water partition coefficient (Wildman–Crippen LogP) is 1.62. The third-order valence-corrected chi connectivity index (χ3v) is 4.40. The number of rotatable bonds is 7. The number of carboxylic acid groups (broad SMARTS) is 1. The average molecular weight is 313 g/mol. The largest absolute Gasteiger partial charge is 0.496 e. The van der Waals surface area contributed by atoms with E-state index in [9.17, 15) is 13.2 Å². The molecule has 1 aromatic carbocycles. The van der Waals surface area contributed by atoms with Crippen molar-refractivity contribution < 1.29 is 23.1 Å². The van der Waals surface area contributed by atoms with E-state index in [-0.39, 0.29) is 11.3 Å². The van der Waals surface area contributed by atoms with Gasteiger partial charge in [0.25, 0.3) is 0 Å². The van der Waals surface area contributed by atoms with E-state index in [1.165, 1.54) is 25.3 Å². The number of sulfonamides is 1. The van der Waals surface area contributed by atoms with Gasteiger partial charge in [-0.25, -0.2) is 8.42 Å². The molecule has 0 heterocycles. The number of ether oxygens (including phenoxy) is 1. The van der Waals surface area contributed by atoms with Gasteiger partial charge in [-0.15, -0.1) is 6.58 Å². The summed E-state index contributed by atoms with van der Waals surface area (Å²) in [4.78, 5) is 11.0. The summed E-state index contributed by atoms with van der Waals surface area (Å²) in [7, 11) is -2.42. The molecule has 0 aliphatic heterocycles. The Hall–Kier alpha value is -1.86. The van der Waals surface area contributed by atoms with E-state index in [0.717, 1.165) is 0 Å². The minimum atomic E-state index is -3.93. The van der Waals surface area contributed by atoms with Crippen LogP contribution in [0.2, 0.25) is 0 Å². The molecule has 21 heavy (non-hydrogen) atoms. The van der Waals surface area contributed by atoms with Crippen molar-refractivity contribution in [1.82, 2.24) is 4.72 Å². The van der Waals surface area contributed by atoms with E-state index in [4.69, 9.17) is 9.84 Å². The Morgan fingerprint density at radius 1 is 1.43 bits per heavy atom. The number of hydrogen-bond acceptors (Lipinski definition) is 4. The van der Waals surface area contributed by atoms with E-state index in [2.05, 4.69) is 11.3 Å². The molecule has 1 aromatic rings. The second kappa shape index (κ2) is 6.73. The Balaban J connectivity index is 3.19. The van der Waals surface area contributed by atoms with E-state index in [0.29, 0.717) is 16.9 Å². The molecule has 1 atom stereocenters. The highest BCUT2D eigenvalue weighted by Crippen LogP contribution is 2.26. The summed E-state index contributed by atoms with van der Waals surface area (Å²) in [6.07, 6.45) is 1.36. The standard InChI is InChI=1S/C14H19NO5S/c1-5-6-12(14(16)17)15-21(18,19)11-7-9(2)13(20-4)10(3)8-11/h5,7-8,12,15H,1,6H2,2-4H3,(H,16,17). The highest BCUT2D eigenvalue weighted by Gasteiger charge is 2.25. The van der Waals surface area contributed by atoms with E-state index < -0.39 is 22.0 Å². The van der Waals surface area contributed by atoms with Crippen LogP contribution in [0, 0.1) is 13.8 Å². The van der Waals surface area contributed by atoms with Crippen molar-refractivity contribution in [1.29, 1.82) is 0 Å². The Morgan fingerprint density at radius 2 is 1.95 bits per heavy atom. The molecule has 116 valence electrons. The summed E-state index contributed by atoms with van der Waals surface area (Å²) < 4.78 is 31.9. The lowest BCUT2D eigenvalue weighted by atomic mass is 10.1. The SMILES string of the molecule is C=CCC(NS(=O)(=O)c1cc(C)c(OC)c(C)c1)C(=O)O. The molecule has 0 radical (unpaired) electrons. The zero-order valence-electron chi connectivity index (χ0n) is 12.2. The van der Waals surface area contributed by atoms with Crippen LogP contribution in [0.25, 0.3) is 0 Å². The van der Waals surface area contributed by atoms with Gasteiger partial charge in [-0.05, 0) is 43.5 Å². The predicted molar refractivity (Wildman–Crippen MR) is 79.0 cm³/mol. The number of benzene rings is 1. The number of methoxy groups -OCH3 is 1. The first kappa shape index (κ1) is 17.2. The van der Waals surface area contributed by atoms with Gasteiger partial charge in [0, 0.05) is 0 Å². The topological polar surface area (TPSA) is 92.7 Å². The monoisotopic (exact) mass is 313 g/mol. The maximum Gasteiger partial charge on any atom is 0.322 e. The van der Waals surface area contributed by atoms with Crippen molar-refractivity contribution in [2.75, 3.05) is 7.11 Å². The molecular formula is C14H19NO5S. The van der Waals surface area contributed by atoms with Crippen molar-refractivity contribution in [2.45, 2.75) is 31.2 Å². The lowest BCUT2D eigenvalue weighted by Gasteiger charge is -2.15. The fraction of sp³-hybridized carbons (Fsp3) is 0.357. The lowest BCUT2D eigenvalue weighted by Crippen LogP contribution is -2.40. The van der Waals surface area contributed by atoms with Crippen LogP contribution >= 0.6 is 0 Å². The maximum atomic E-state index is 12.3. The minimum Gasteiger partial charge on any atom is -0.496 e. The normalized spacial score (nSPS) is 12.7. The van der Waals surface area contributed by atoms with E-state index in [1.807, 2.05) is 0 Å². The smallest absolute Gasteiger partial charge is 0.322 e. The summed E-state index contributed by atoms with van der Waals surface area (Å²) in [6, 6.07) is 1.65. The van der Waals surface area contributed by atoms with Gasteiger partial charge in [0.15, 0.2) is 0 Å². The molecule has 0 aliphatic carbocycles. The van der Waals surface area contributed by atoms with Crippen LogP contribution in [0.5, 0.6) is 5.75 Å². The number of nitrogens with one attached hydrogen (secondary N) is 1. The second-order valence-electron chi connectivity index (χ2n) is 4.63. The van der Waals surface area contributed by atoms with Crippen LogP contribution in [0.4, 0.5) is 0 Å². The molecule has 0 saturated heterocycles. The van der Waals surface area contributed by atoms with Crippen LogP contribution in [0.1, 0.15) is 17.5 Å². The van der Waals surface area contributed by atoms with Crippen molar-refractivity contribution in [3.05, 3.63) is 35.9 Å². The summed E-state index contributed by atoms with van der Waals surface area (Å²) in [5.41, 5.74) is 1.32. The van der Waals surface area contributed by atoms with Crippen molar-refractivity contribution >= 4 is 16.0 Å². The highest BCUT2D eigenvalue weighted by molar-refractivity contribution is 7.89. The molecule has 1 rings (SSSR count). The molecule has 0 aliphatic rings. The van der Waals surface area contributed by atoms with Crippen LogP contribution in [-0.4, -0.2) is 32.6 Å². The maximum absolute atomic E-state index is 12.3. The van der Waals surface area contributed by atoms with Gasteiger partial charge >= 0.3 is 5.97 Å². The zero-order chi connectivity index (χ0) is 16.2. The van der Waals surface area contributed by atoms with Gasteiger partial charge in [-0.3, -0.25) is 4.79 Å². The van der Waals surface area contributed by atoms with E-state index >= 15 is 0 Å². The molecule has 6 nitrogen and oxygen atoms in total. The highest BCUT2D eigenvalue weighted by atomic mass is 32.2. The molecule has 0 fully saturated rings. The molecule has 0 spiro atoms. The first-order valence-corrected chi connectivity index (χ1v) is 7.72. The molecule has 1 unspecified atom stereocenters. The van der Waals surface area contributed by atoms with Gasteiger partial charge in [-0.2, -0.15) is 4.72 Å². The van der Waals surface area contributed by atoms with Gasteiger partial charge in [0.05, 0.1) is 12.0 Å². The number of carbonyl (C=O) groups is 1. The lowest BCUT2D eigenvalue weighted by molar-refractivity contribution is -0.138. The van der Waals surface area contributed by atoms with E-state index in [1.54, 1.807) is 13.8 Å². The first-order valence-electron chi connectivity index (χ1n) is 6.24. The van der Waals surface area contributed by atoms with Gasteiger partial charge < -0.3 is 9.84 Å². The molecule has 0 aromatic heterocycles. The quantitative estimate of drug-likeness (QED) is 0.746. The number of aliphatic carboxylic acids is 1. The summed E-state index contributed by atoms with van der Waals surface area (Å²) in [5, 5.41) is 9.01. The minimum absolute atomic E-state index is 0.00266. The molecule has 0 amide bonds. The summed E-state index contributed by atoms with van der Waals surface area (Å²) >= 11 is 0. The summed E-state index contributed by atoms with van der Waals surface area (Å²) in [5.74, 6) is -0.643. The fourth-order valence-electron chi connectivity index (χ4n) is 2.01. The Labute approximate surface area is 124 Å². The molecule has 0 bridgehead atoms. The average Bonchev–Trinajstić information content (AvgIpc) is 2.37. The van der Waals surface area contributed by atoms with Gasteiger partial charge in [-0.1, -0.05) is 6.08 Å². The number of carboxylic acids is 1. The third kappa shape index (κ3) is 4.05. The van der Waals surface area contributed by atoms with Gasteiger partial charge in [0.1, 0.15) is 11.8 Å². The second-order valence-corrected chi connectivity index (χ2v) is 6.34. The molecule has 7 heteroatoms. The molecule has 0 saturated carbocycles. The van der Waals surface area contributed by atoms with Crippen LogP contribution in [-0.2, 0) is 14.8 Å². The third-order valence-electron chi connectivity index (χ3n) is 2.95. The van der Waals surface area contributed by atoms with Crippen molar-refractivity contribution in [2.24, 2.45) is 0 Å². The fourth-order valence-corrected chi connectivity index (χ4v) is 3.38. The molecule has 2 N–H and O–H groups in total. The number of aryl methyl sites for hydroxylation is 2. The summed E-state index contributed by atoms with van der Waals surface area (Å²) in [6.45, 7) is 6.87. The molecular weight excluding hydrogens is 294 g/mol. The zero-order valence-corrected chi connectivity index (χ0v) is 13.0. The first-order chi connectivity index (χ1) is 9.72. The van der Waals surface area contributed by atoms with Crippen molar-refractivity contribution in [3.8, 4) is 5.75 Å². The van der Waals surface area contributed by atoms with Crippen molar-refractivity contribution in [3.63, 3.8) is 0 Å².